The average Bonchev–Trinajstić information content (AvgIpc) is 2.19. The van der Waals surface area contributed by atoms with Crippen LogP contribution in [0.15, 0.2) is 0 Å². The van der Waals surface area contributed by atoms with Gasteiger partial charge in [0.15, 0.2) is 0 Å². The topological polar surface area (TPSA) is 30.5 Å². The van der Waals surface area contributed by atoms with Crippen molar-refractivity contribution < 1.29 is 9.47 Å². The third kappa shape index (κ3) is 13.9. The molecule has 3 nitrogen and oxygen atoms in total. The first-order valence-electron chi connectivity index (χ1n) is 6.42. The van der Waals surface area contributed by atoms with Gasteiger partial charge in [-0.3, -0.25) is 0 Å². The van der Waals surface area contributed by atoms with Crippen molar-refractivity contribution in [3.63, 3.8) is 0 Å². The van der Waals surface area contributed by atoms with Crippen molar-refractivity contribution in [2.75, 3.05) is 33.4 Å². The fraction of sp³-hybridized carbons (Fsp3) is 1.00. The molecular weight excluding hydrogens is 202 g/mol. The number of unbranched alkanes of at least 4 members (excludes halogenated alkanes) is 3. The number of nitrogens with one attached hydrogen (secondary N) is 1. The summed E-state index contributed by atoms with van der Waals surface area (Å²) in [7, 11) is 2.00. The maximum atomic E-state index is 5.56. The zero-order valence-electron chi connectivity index (χ0n) is 11.5. The second kappa shape index (κ2) is 10.1. The lowest BCUT2D eigenvalue weighted by Gasteiger charge is -2.19. The molecule has 0 aromatic heterocycles. The summed E-state index contributed by atoms with van der Waals surface area (Å²) in [6.45, 7) is 9.60. The Hall–Kier alpha value is -0.120. The molecule has 0 saturated heterocycles. The predicted molar refractivity (Wildman–Crippen MR) is 68.9 cm³/mol. The molecule has 0 aliphatic heterocycles. The van der Waals surface area contributed by atoms with Crippen LogP contribution in [-0.2, 0) is 9.47 Å². The average molecular weight is 231 g/mol. The minimum atomic E-state index is -0.0451. The maximum Gasteiger partial charge on any atom is 0.0707 e. The van der Waals surface area contributed by atoms with Gasteiger partial charge in [0.2, 0.25) is 0 Å². The summed E-state index contributed by atoms with van der Waals surface area (Å²) in [5.74, 6) is 0. The van der Waals surface area contributed by atoms with Gasteiger partial charge in [0.05, 0.1) is 18.8 Å². The van der Waals surface area contributed by atoms with E-state index in [1.54, 1.807) is 0 Å². The van der Waals surface area contributed by atoms with Crippen LogP contribution in [0.4, 0.5) is 0 Å². The van der Waals surface area contributed by atoms with Crippen LogP contribution in [-0.4, -0.2) is 39.0 Å². The molecule has 0 amide bonds. The third-order valence-corrected chi connectivity index (χ3v) is 2.23. The standard InChI is InChI=1S/C13H29NO2/c1-13(2,3)16-12-11-15-10-8-6-5-7-9-14-4/h14H,5-12H2,1-4H3. The van der Waals surface area contributed by atoms with Crippen LogP contribution in [0, 0.1) is 0 Å². The lowest BCUT2D eigenvalue weighted by atomic mass is 10.2. The minimum absolute atomic E-state index is 0.0451. The van der Waals surface area contributed by atoms with E-state index in [0.29, 0.717) is 13.2 Å². The Morgan fingerprint density at radius 2 is 1.56 bits per heavy atom. The first-order valence-corrected chi connectivity index (χ1v) is 6.42. The largest absolute Gasteiger partial charge is 0.379 e. The van der Waals surface area contributed by atoms with E-state index in [0.717, 1.165) is 13.2 Å². The molecule has 0 fully saturated rings. The summed E-state index contributed by atoms with van der Waals surface area (Å²) in [6.07, 6.45) is 4.99. The van der Waals surface area contributed by atoms with Gasteiger partial charge >= 0.3 is 0 Å². The molecule has 0 unspecified atom stereocenters. The van der Waals surface area contributed by atoms with Crippen LogP contribution >= 0.6 is 0 Å². The van der Waals surface area contributed by atoms with Crippen molar-refractivity contribution in [2.45, 2.75) is 52.1 Å². The van der Waals surface area contributed by atoms with Gasteiger partial charge in [0, 0.05) is 6.61 Å². The van der Waals surface area contributed by atoms with E-state index in [4.69, 9.17) is 9.47 Å². The van der Waals surface area contributed by atoms with E-state index in [1.165, 1.54) is 25.7 Å². The summed E-state index contributed by atoms with van der Waals surface area (Å²) in [4.78, 5) is 0. The Morgan fingerprint density at radius 3 is 2.19 bits per heavy atom. The van der Waals surface area contributed by atoms with E-state index in [-0.39, 0.29) is 5.60 Å². The van der Waals surface area contributed by atoms with Crippen LogP contribution in [0.2, 0.25) is 0 Å². The Bertz CT molecular complexity index is 143. The molecule has 0 saturated carbocycles. The van der Waals surface area contributed by atoms with Crippen molar-refractivity contribution in [3.05, 3.63) is 0 Å². The highest BCUT2D eigenvalue weighted by Crippen LogP contribution is 2.05. The van der Waals surface area contributed by atoms with Gasteiger partial charge in [0.1, 0.15) is 0 Å². The second-order valence-corrected chi connectivity index (χ2v) is 5.09. The third-order valence-electron chi connectivity index (χ3n) is 2.23. The van der Waals surface area contributed by atoms with Gasteiger partial charge in [0.25, 0.3) is 0 Å². The lowest BCUT2D eigenvalue weighted by molar-refractivity contribution is -0.0351. The molecule has 0 aromatic rings. The van der Waals surface area contributed by atoms with Crippen molar-refractivity contribution >= 4 is 0 Å². The SMILES string of the molecule is CNCCCCCCOCCOC(C)(C)C. The van der Waals surface area contributed by atoms with Crippen molar-refractivity contribution in [1.82, 2.24) is 5.32 Å². The number of rotatable bonds is 10. The predicted octanol–water partition coefficient (Wildman–Crippen LogP) is 2.60. The molecule has 98 valence electrons. The highest BCUT2D eigenvalue weighted by atomic mass is 16.5. The fourth-order valence-corrected chi connectivity index (χ4v) is 1.37. The Morgan fingerprint density at radius 1 is 0.875 bits per heavy atom. The molecule has 0 spiro atoms. The quantitative estimate of drug-likeness (QED) is 0.586. The van der Waals surface area contributed by atoms with E-state index in [2.05, 4.69) is 26.1 Å². The zero-order valence-corrected chi connectivity index (χ0v) is 11.5. The van der Waals surface area contributed by atoms with Crippen molar-refractivity contribution in [2.24, 2.45) is 0 Å². The molecule has 0 bridgehead atoms. The van der Waals surface area contributed by atoms with Gasteiger partial charge in [-0.2, -0.15) is 0 Å². The number of ether oxygens (including phenoxy) is 2. The molecule has 0 aliphatic rings. The van der Waals surface area contributed by atoms with Crippen LogP contribution in [0.25, 0.3) is 0 Å². The molecule has 0 aromatic carbocycles. The Balaban J connectivity index is 2.99. The van der Waals surface area contributed by atoms with Crippen LogP contribution in [0.5, 0.6) is 0 Å². The lowest BCUT2D eigenvalue weighted by Crippen LogP contribution is -2.21. The van der Waals surface area contributed by atoms with Gasteiger partial charge < -0.3 is 14.8 Å². The molecule has 0 atom stereocenters. The normalized spacial score (nSPS) is 12.0. The molecular formula is C13H29NO2. The monoisotopic (exact) mass is 231 g/mol. The van der Waals surface area contributed by atoms with Gasteiger partial charge in [-0.25, -0.2) is 0 Å². The first-order chi connectivity index (χ1) is 7.56. The summed E-state index contributed by atoms with van der Waals surface area (Å²) < 4.78 is 11.1. The first kappa shape index (κ1) is 15.9. The van der Waals surface area contributed by atoms with Crippen LogP contribution < -0.4 is 5.32 Å². The highest BCUT2D eigenvalue weighted by Gasteiger charge is 2.08. The van der Waals surface area contributed by atoms with E-state index < -0.39 is 0 Å². The molecule has 1 N–H and O–H groups in total. The zero-order chi connectivity index (χ0) is 12.3. The van der Waals surface area contributed by atoms with Crippen LogP contribution in [0.3, 0.4) is 0 Å². The maximum absolute atomic E-state index is 5.56. The molecule has 0 radical (unpaired) electrons. The summed E-state index contributed by atoms with van der Waals surface area (Å²) in [5, 5.41) is 3.15. The minimum Gasteiger partial charge on any atom is -0.379 e. The summed E-state index contributed by atoms with van der Waals surface area (Å²) in [6, 6.07) is 0. The van der Waals surface area contributed by atoms with Crippen LogP contribution in [0.1, 0.15) is 46.5 Å². The van der Waals surface area contributed by atoms with Gasteiger partial charge in [-0.1, -0.05) is 12.8 Å². The highest BCUT2D eigenvalue weighted by molar-refractivity contribution is 4.57. The smallest absolute Gasteiger partial charge is 0.0707 e. The van der Waals surface area contributed by atoms with Crippen molar-refractivity contribution in [3.8, 4) is 0 Å². The van der Waals surface area contributed by atoms with Gasteiger partial charge in [-0.15, -0.1) is 0 Å². The Kier molecular flexibility index (Phi) is 9.99. The molecule has 0 rings (SSSR count). The summed E-state index contributed by atoms with van der Waals surface area (Å²) in [5.41, 5.74) is -0.0451. The molecule has 0 heterocycles. The summed E-state index contributed by atoms with van der Waals surface area (Å²) >= 11 is 0. The number of hydrogen-bond donors (Lipinski definition) is 1. The fourth-order valence-electron chi connectivity index (χ4n) is 1.37. The van der Waals surface area contributed by atoms with E-state index in [1.807, 2.05) is 7.05 Å². The van der Waals surface area contributed by atoms with Gasteiger partial charge in [-0.05, 0) is 47.2 Å². The molecule has 0 aliphatic carbocycles. The van der Waals surface area contributed by atoms with Crippen molar-refractivity contribution in [1.29, 1.82) is 0 Å². The molecule has 3 heteroatoms. The second-order valence-electron chi connectivity index (χ2n) is 5.09. The van der Waals surface area contributed by atoms with E-state index >= 15 is 0 Å². The number of hydrogen-bond acceptors (Lipinski definition) is 3. The molecule has 16 heavy (non-hydrogen) atoms. The van der Waals surface area contributed by atoms with E-state index in [9.17, 15) is 0 Å². The Labute approximate surface area is 101 Å².